The van der Waals surface area contributed by atoms with E-state index in [1.807, 2.05) is 13.8 Å². The number of carbonyl (C=O) groups excluding carboxylic acids is 3. The zero-order valence-corrected chi connectivity index (χ0v) is 20.5. The number of carboxylic acid groups (broad SMARTS) is 1. The van der Waals surface area contributed by atoms with Crippen LogP contribution in [0.4, 0.5) is 0 Å². The van der Waals surface area contributed by atoms with E-state index < -0.39 is 54.0 Å². The Balaban J connectivity index is 2.99. The number of aliphatic hydroxyl groups excluding tert-OH is 1. The third-order valence-electron chi connectivity index (χ3n) is 5.34. The van der Waals surface area contributed by atoms with Crippen molar-refractivity contribution in [3.8, 4) is 0 Å². The van der Waals surface area contributed by atoms with E-state index in [0.717, 1.165) is 0 Å². The Bertz CT molecular complexity index is 815. The van der Waals surface area contributed by atoms with Crippen LogP contribution in [-0.4, -0.2) is 80.7 Å². The minimum absolute atomic E-state index is 0.0177. The minimum atomic E-state index is -1.24. The van der Waals surface area contributed by atoms with Crippen molar-refractivity contribution in [2.75, 3.05) is 6.54 Å². The van der Waals surface area contributed by atoms with E-state index in [1.54, 1.807) is 0 Å². The molecule has 0 aliphatic heterocycles. The number of aromatic nitrogens is 2. The summed E-state index contributed by atoms with van der Waals surface area (Å²) >= 11 is 0. The number of carbonyl (C=O) groups is 4. The molecule has 0 aliphatic carbocycles. The minimum Gasteiger partial charge on any atom is -0.480 e. The molecular weight excluding hydrogens is 458 g/mol. The summed E-state index contributed by atoms with van der Waals surface area (Å²) in [6, 6.07) is -4.51. The van der Waals surface area contributed by atoms with Crippen LogP contribution in [-0.2, 0) is 25.6 Å². The molecule has 0 spiro atoms. The smallest absolute Gasteiger partial charge is 0.326 e. The van der Waals surface area contributed by atoms with Gasteiger partial charge in [-0.15, -0.1) is 0 Å². The van der Waals surface area contributed by atoms with Crippen molar-refractivity contribution in [1.29, 1.82) is 0 Å². The molecule has 0 bridgehead atoms. The maximum atomic E-state index is 13.1. The van der Waals surface area contributed by atoms with Crippen LogP contribution >= 0.6 is 0 Å². The standard InChI is InChI=1S/C22H39N7O6/c1-12(2)8-16(28-21(33)18(24)13(3)30)20(32)27-15(6-4-5-7-23)19(31)29-17(22(34)35)9-14-10-25-11-26-14/h10-13,15-18,30H,4-9,23-24H2,1-3H3,(H,25,26)(H,27,32)(H,28,33)(H,29,31)(H,34,35). The molecule has 5 atom stereocenters. The lowest BCUT2D eigenvalue weighted by Gasteiger charge is -2.26. The summed E-state index contributed by atoms with van der Waals surface area (Å²) < 4.78 is 0. The normalized spacial score (nSPS) is 15.5. The van der Waals surface area contributed by atoms with Gasteiger partial charge in [0.05, 0.1) is 12.4 Å². The van der Waals surface area contributed by atoms with Gasteiger partial charge >= 0.3 is 5.97 Å². The molecular formula is C22H39N7O6. The first-order valence-corrected chi connectivity index (χ1v) is 11.7. The van der Waals surface area contributed by atoms with E-state index >= 15 is 0 Å². The number of nitrogens with one attached hydrogen (secondary N) is 4. The molecule has 0 radical (unpaired) electrons. The van der Waals surface area contributed by atoms with Crippen molar-refractivity contribution in [2.24, 2.45) is 17.4 Å². The van der Waals surface area contributed by atoms with E-state index in [4.69, 9.17) is 11.5 Å². The molecule has 0 aromatic carbocycles. The van der Waals surface area contributed by atoms with E-state index in [9.17, 15) is 29.4 Å². The van der Waals surface area contributed by atoms with Gasteiger partial charge in [0.1, 0.15) is 24.2 Å². The number of amides is 3. The summed E-state index contributed by atoms with van der Waals surface area (Å²) in [5.74, 6) is -3.20. The summed E-state index contributed by atoms with van der Waals surface area (Å²) in [4.78, 5) is 56.7. The van der Waals surface area contributed by atoms with E-state index in [2.05, 4.69) is 25.9 Å². The molecule has 0 saturated heterocycles. The summed E-state index contributed by atoms with van der Waals surface area (Å²) in [5, 5.41) is 26.8. The second kappa shape index (κ2) is 15.1. The van der Waals surface area contributed by atoms with Crippen LogP contribution in [0.3, 0.4) is 0 Å². The Morgan fingerprint density at radius 2 is 1.60 bits per heavy atom. The predicted octanol–water partition coefficient (Wildman–Crippen LogP) is -1.63. The molecule has 1 rings (SSSR count). The number of aromatic amines is 1. The highest BCUT2D eigenvalue weighted by Crippen LogP contribution is 2.09. The van der Waals surface area contributed by atoms with Gasteiger partial charge in [0.25, 0.3) is 0 Å². The second-order valence-corrected chi connectivity index (χ2v) is 8.98. The molecule has 13 nitrogen and oxygen atoms in total. The Kier molecular flexibility index (Phi) is 12.9. The molecule has 35 heavy (non-hydrogen) atoms. The summed E-state index contributed by atoms with van der Waals surface area (Å²) in [5.41, 5.74) is 11.7. The first kappa shape index (κ1) is 30.0. The Morgan fingerprint density at radius 1 is 1.00 bits per heavy atom. The van der Waals surface area contributed by atoms with Gasteiger partial charge < -0.3 is 42.6 Å². The fraction of sp³-hybridized carbons (Fsp3) is 0.682. The van der Waals surface area contributed by atoms with Crippen molar-refractivity contribution in [2.45, 2.75) is 83.1 Å². The summed E-state index contributed by atoms with van der Waals surface area (Å²) in [7, 11) is 0. The number of aliphatic carboxylic acids is 1. The van der Waals surface area contributed by atoms with Crippen molar-refractivity contribution in [3.63, 3.8) is 0 Å². The summed E-state index contributed by atoms with van der Waals surface area (Å²) in [6.45, 7) is 5.48. The molecule has 13 heteroatoms. The van der Waals surface area contributed by atoms with Crippen molar-refractivity contribution >= 4 is 23.7 Å². The van der Waals surface area contributed by atoms with Gasteiger partial charge in [-0.2, -0.15) is 0 Å². The summed E-state index contributed by atoms with van der Waals surface area (Å²) in [6.07, 6.45) is 3.33. The number of H-pyrrole nitrogens is 1. The topological polar surface area (TPSA) is 226 Å². The number of carboxylic acids is 1. The molecule has 0 saturated carbocycles. The predicted molar refractivity (Wildman–Crippen MR) is 128 cm³/mol. The number of hydrogen-bond donors (Lipinski definition) is 8. The lowest BCUT2D eigenvalue weighted by Crippen LogP contribution is -2.58. The largest absolute Gasteiger partial charge is 0.480 e. The van der Waals surface area contributed by atoms with Crippen LogP contribution in [0.2, 0.25) is 0 Å². The van der Waals surface area contributed by atoms with Crippen molar-refractivity contribution < 1.29 is 29.4 Å². The van der Waals surface area contributed by atoms with Gasteiger partial charge in [0.2, 0.25) is 17.7 Å². The Labute approximate surface area is 204 Å². The van der Waals surface area contributed by atoms with Gasteiger partial charge in [-0.05, 0) is 45.1 Å². The lowest BCUT2D eigenvalue weighted by molar-refractivity contribution is -0.142. The van der Waals surface area contributed by atoms with Crippen LogP contribution < -0.4 is 27.4 Å². The van der Waals surface area contributed by atoms with Crippen molar-refractivity contribution in [3.05, 3.63) is 18.2 Å². The van der Waals surface area contributed by atoms with E-state index in [-0.39, 0.29) is 25.2 Å². The number of rotatable bonds is 16. The maximum Gasteiger partial charge on any atom is 0.326 e. The molecule has 3 amide bonds. The van der Waals surface area contributed by atoms with Crippen LogP contribution in [0.15, 0.2) is 12.5 Å². The van der Waals surface area contributed by atoms with E-state index in [1.165, 1.54) is 19.4 Å². The van der Waals surface area contributed by atoms with Gasteiger partial charge in [-0.25, -0.2) is 9.78 Å². The number of imidazole rings is 1. The highest BCUT2D eigenvalue weighted by Gasteiger charge is 2.31. The van der Waals surface area contributed by atoms with Crippen LogP contribution in [0.25, 0.3) is 0 Å². The number of nitrogens with two attached hydrogens (primary N) is 2. The zero-order chi connectivity index (χ0) is 26.5. The van der Waals surface area contributed by atoms with Crippen LogP contribution in [0.1, 0.15) is 52.1 Å². The van der Waals surface area contributed by atoms with Gasteiger partial charge in [-0.1, -0.05) is 13.8 Å². The molecule has 10 N–H and O–H groups in total. The van der Waals surface area contributed by atoms with Crippen LogP contribution in [0, 0.1) is 5.92 Å². The van der Waals surface area contributed by atoms with Crippen molar-refractivity contribution in [1.82, 2.24) is 25.9 Å². The zero-order valence-electron chi connectivity index (χ0n) is 20.5. The number of nitrogens with zero attached hydrogens (tertiary/aromatic N) is 1. The third-order valence-corrected chi connectivity index (χ3v) is 5.34. The van der Waals surface area contributed by atoms with E-state index in [0.29, 0.717) is 25.1 Å². The Hall–Kier alpha value is -3.03. The number of unbranched alkanes of at least 4 members (excludes halogenated alkanes) is 1. The molecule has 198 valence electrons. The highest BCUT2D eigenvalue weighted by molar-refractivity contribution is 5.94. The fourth-order valence-corrected chi connectivity index (χ4v) is 3.31. The van der Waals surface area contributed by atoms with Gasteiger partial charge in [0, 0.05) is 18.3 Å². The second-order valence-electron chi connectivity index (χ2n) is 8.98. The fourth-order valence-electron chi connectivity index (χ4n) is 3.31. The molecule has 0 fully saturated rings. The van der Waals surface area contributed by atoms with Crippen LogP contribution in [0.5, 0.6) is 0 Å². The average Bonchev–Trinajstić information content (AvgIpc) is 3.29. The molecule has 0 aliphatic rings. The average molecular weight is 498 g/mol. The first-order valence-electron chi connectivity index (χ1n) is 11.7. The van der Waals surface area contributed by atoms with Gasteiger partial charge in [0.15, 0.2) is 0 Å². The molecule has 1 heterocycles. The molecule has 1 aromatic heterocycles. The maximum absolute atomic E-state index is 13.1. The first-order chi connectivity index (χ1) is 16.5. The number of hydrogen-bond acceptors (Lipinski definition) is 8. The molecule has 1 aromatic rings. The highest BCUT2D eigenvalue weighted by atomic mass is 16.4. The quantitative estimate of drug-likeness (QED) is 0.123. The Morgan fingerprint density at radius 3 is 2.11 bits per heavy atom. The molecule has 5 unspecified atom stereocenters. The lowest BCUT2D eigenvalue weighted by atomic mass is 10.0. The SMILES string of the molecule is CC(C)CC(NC(=O)C(N)C(C)O)C(=O)NC(CCCCN)C(=O)NC(Cc1cnc[nH]1)C(=O)O. The number of aliphatic hydroxyl groups is 1. The van der Waals surface area contributed by atoms with Gasteiger partial charge in [-0.3, -0.25) is 14.4 Å². The third kappa shape index (κ3) is 10.8. The monoisotopic (exact) mass is 497 g/mol.